The van der Waals surface area contributed by atoms with Crippen molar-refractivity contribution in [1.82, 2.24) is 9.80 Å². The third-order valence-corrected chi connectivity index (χ3v) is 6.61. The van der Waals surface area contributed by atoms with Crippen molar-refractivity contribution in [3.05, 3.63) is 106 Å². The number of rotatable bonds is 10. The fraction of sp³-hybridized carbons (Fsp3) is 0.357. The van der Waals surface area contributed by atoms with Crippen LogP contribution in [0, 0.1) is 11.6 Å². The maximum atomic E-state index is 13.4. The van der Waals surface area contributed by atoms with E-state index in [0.717, 1.165) is 68.3 Å². The molecule has 0 unspecified atom stereocenters. The number of hydrogen-bond donors (Lipinski definition) is 0. The second-order valence-electron chi connectivity index (χ2n) is 8.77. The van der Waals surface area contributed by atoms with Crippen molar-refractivity contribution >= 4 is 11.6 Å². The highest BCUT2D eigenvalue weighted by Crippen LogP contribution is 2.26. The molecule has 1 saturated heterocycles. The van der Waals surface area contributed by atoms with Gasteiger partial charge in [0.05, 0.1) is 6.61 Å². The largest absolute Gasteiger partial charge is 0.367 e. The van der Waals surface area contributed by atoms with Gasteiger partial charge in [0.25, 0.3) is 0 Å². The van der Waals surface area contributed by atoms with E-state index < -0.39 is 0 Å². The molecular weight excluding hydrogens is 454 g/mol. The predicted octanol–water partition coefficient (Wildman–Crippen LogP) is 5.97. The predicted molar refractivity (Wildman–Crippen MR) is 133 cm³/mol. The summed E-state index contributed by atoms with van der Waals surface area (Å²) in [7, 11) is 0. The van der Waals surface area contributed by atoms with Gasteiger partial charge in [0.1, 0.15) is 17.7 Å². The summed E-state index contributed by atoms with van der Waals surface area (Å²) in [4.78, 5) is 4.94. The van der Waals surface area contributed by atoms with Gasteiger partial charge in [-0.25, -0.2) is 8.78 Å². The van der Waals surface area contributed by atoms with Gasteiger partial charge in [-0.2, -0.15) is 0 Å². The van der Waals surface area contributed by atoms with Crippen LogP contribution in [0.15, 0.2) is 72.8 Å². The molecule has 1 heterocycles. The van der Waals surface area contributed by atoms with Gasteiger partial charge in [-0.05, 0) is 72.5 Å². The first-order valence-electron chi connectivity index (χ1n) is 11.9. The Kier molecular flexibility index (Phi) is 9.05. The van der Waals surface area contributed by atoms with Crippen molar-refractivity contribution in [1.29, 1.82) is 0 Å². The SMILES string of the molecule is Fc1ccc(C(OCCN2CCN(CCCc3ccc(Cl)cc3)CC2)c2ccc(F)cc2)cc1. The highest BCUT2D eigenvalue weighted by Gasteiger charge is 2.19. The fourth-order valence-electron chi connectivity index (χ4n) is 4.35. The van der Waals surface area contributed by atoms with Crippen molar-refractivity contribution in [2.75, 3.05) is 45.9 Å². The summed E-state index contributed by atoms with van der Waals surface area (Å²) >= 11 is 5.96. The van der Waals surface area contributed by atoms with Crippen LogP contribution < -0.4 is 0 Å². The van der Waals surface area contributed by atoms with E-state index in [4.69, 9.17) is 16.3 Å². The third-order valence-electron chi connectivity index (χ3n) is 6.36. The van der Waals surface area contributed by atoms with Gasteiger partial charge in [-0.3, -0.25) is 4.90 Å². The molecule has 3 nitrogen and oxygen atoms in total. The van der Waals surface area contributed by atoms with Crippen LogP contribution in [0.4, 0.5) is 8.78 Å². The van der Waals surface area contributed by atoms with E-state index in [1.54, 1.807) is 24.3 Å². The van der Waals surface area contributed by atoms with E-state index in [1.165, 1.54) is 29.8 Å². The van der Waals surface area contributed by atoms with E-state index >= 15 is 0 Å². The average molecular weight is 485 g/mol. The first-order chi connectivity index (χ1) is 16.6. The summed E-state index contributed by atoms with van der Waals surface area (Å²) in [5.74, 6) is -0.569. The molecule has 34 heavy (non-hydrogen) atoms. The van der Waals surface area contributed by atoms with Crippen molar-refractivity contribution < 1.29 is 13.5 Å². The van der Waals surface area contributed by atoms with Crippen LogP contribution >= 0.6 is 11.6 Å². The Bertz CT molecular complexity index is 959. The lowest BCUT2D eigenvalue weighted by Gasteiger charge is -2.35. The number of hydrogen-bond acceptors (Lipinski definition) is 3. The first-order valence-corrected chi connectivity index (χ1v) is 12.3. The molecule has 0 atom stereocenters. The average Bonchev–Trinajstić information content (AvgIpc) is 2.85. The molecule has 3 aromatic rings. The minimum absolute atomic E-state index is 0.285. The molecule has 0 aromatic heterocycles. The number of aryl methyl sites for hydroxylation is 1. The Morgan fingerprint density at radius 2 is 1.21 bits per heavy atom. The molecule has 0 saturated carbocycles. The summed E-state index contributed by atoms with van der Waals surface area (Å²) in [6, 6.07) is 20.8. The van der Waals surface area contributed by atoms with Gasteiger partial charge in [-0.15, -0.1) is 0 Å². The van der Waals surface area contributed by atoms with E-state index in [1.807, 2.05) is 12.1 Å². The quantitative estimate of drug-likeness (QED) is 0.352. The number of piperazine rings is 1. The molecule has 1 aliphatic rings. The first kappa shape index (κ1) is 24.8. The molecule has 3 aromatic carbocycles. The van der Waals surface area contributed by atoms with E-state index in [2.05, 4.69) is 21.9 Å². The van der Waals surface area contributed by atoms with Gasteiger partial charge in [-0.1, -0.05) is 48.0 Å². The Balaban J connectivity index is 1.21. The minimum atomic E-state index is -0.352. The zero-order valence-electron chi connectivity index (χ0n) is 19.3. The van der Waals surface area contributed by atoms with Gasteiger partial charge < -0.3 is 9.64 Å². The van der Waals surface area contributed by atoms with Crippen molar-refractivity contribution in [2.45, 2.75) is 18.9 Å². The summed E-state index contributed by atoms with van der Waals surface area (Å²) in [6.45, 7) is 6.63. The van der Waals surface area contributed by atoms with E-state index in [9.17, 15) is 8.78 Å². The van der Waals surface area contributed by atoms with Gasteiger partial charge in [0.15, 0.2) is 0 Å². The number of nitrogens with zero attached hydrogens (tertiary/aromatic N) is 2. The fourth-order valence-corrected chi connectivity index (χ4v) is 4.48. The molecule has 0 spiro atoms. The van der Waals surface area contributed by atoms with Crippen molar-refractivity contribution in [3.8, 4) is 0 Å². The lowest BCUT2D eigenvalue weighted by molar-refractivity contribution is 0.0451. The van der Waals surface area contributed by atoms with E-state index in [0.29, 0.717) is 6.61 Å². The van der Waals surface area contributed by atoms with Crippen LogP contribution in [0.5, 0.6) is 0 Å². The molecular formula is C28H31ClF2N2O. The Morgan fingerprint density at radius 3 is 1.74 bits per heavy atom. The molecule has 1 aliphatic heterocycles. The molecule has 180 valence electrons. The van der Waals surface area contributed by atoms with Crippen LogP contribution in [0.1, 0.15) is 29.2 Å². The topological polar surface area (TPSA) is 15.7 Å². The van der Waals surface area contributed by atoms with Crippen LogP contribution in [0.25, 0.3) is 0 Å². The molecule has 1 fully saturated rings. The van der Waals surface area contributed by atoms with E-state index in [-0.39, 0.29) is 17.7 Å². The Labute approximate surface area is 205 Å². The molecule has 0 bridgehead atoms. The van der Waals surface area contributed by atoms with Gasteiger partial charge in [0.2, 0.25) is 0 Å². The summed E-state index contributed by atoms with van der Waals surface area (Å²) in [5.41, 5.74) is 3.05. The maximum Gasteiger partial charge on any atom is 0.123 e. The zero-order valence-corrected chi connectivity index (χ0v) is 20.1. The van der Waals surface area contributed by atoms with Gasteiger partial charge >= 0.3 is 0 Å². The standard InChI is InChI=1S/C28H31ClF2N2O/c29-25-9-3-22(4-10-25)2-1-15-32-16-18-33(19-17-32)20-21-34-28(23-5-11-26(30)12-6-23)24-7-13-27(31)14-8-24/h3-14,28H,1-2,15-21H2. The lowest BCUT2D eigenvalue weighted by Crippen LogP contribution is -2.47. The minimum Gasteiger partial charge on any atom is -0.367 e. The van der Waals surface area contributed by atoms with Gasteiger partial charge in [0, 0.05) is 37.7 Å². The number of benzene rings is 3. The smallest absolute Gasteiger partial charge is 0.123 e. The van der Waals surface area contributed by atoms with Crippen molar-refractivity contribution in [2.24, 2.45) is 0 Å². The highest BCUT2D eigenvalue weighted by atomic mass is 35.5. The van der Waals surface area contributed by atoms with Crippen LogP contribution in [-0.4, -0.2) is 55.7 Å². The Morgan fingerprint density at radius 1 is 0.706 bits per heavy atom. The molecule has 0 amide bonds. The monoisotopic (exact) mass is 484 g/mol. The highest BCUT2D eigenvalue weighted by molar-refractivity contribution is 6.30. The molecule has 4 rings (SSSR count). The molecule has 6 heteroatoms. The van der Waals surface area contributed by atoms with Crippen LogP contribution in [0.2, 0.25) is 5.02 Å². The second-order valence-corrected chi connectivity index (χ2v) is 9.20. The summed E-state index contributed by atoms with van der Waals surface area (Å²) < 4.78 is 33.0. The Hall–Kier alpha value is -2.31. The molecule has 0 aliphatic carbocycles. The molecule has 0 radical (unpaired) electrons. The molecule has 0 N–H and O–H groups in total. The zero-order chi connectivity index (χ0) is 23.8. The number of halogens is 3. The van der Waals surface area contributed by atoms with Crippen LogP contribution in [0.3, 0.4) is 0 Å². The summed E-state index contributed by atoms with van der Waals surface area (Å²) in [5, 5.41) is 0.783. The lowest BCUT2D eigenvalue weighted by atomic mass is 10.0. The normalized spacial score (nSPS) is 15.2. The maximum absolute atomic E-state index is 13.4. The second kappa shape index (κ2) is 12.4. The summed E-state index contributed by atoms with van der Waals surface area (Å²) in [6.07, 6.45) is 1.86. The number of ether oxygens (including phenoxy) is 1. The third kappa shape index (κ3) is 7.34. The van der Waals surface area contributed by atoms with Crippen LogP contribution in [-0.2, 0) is 11.2 Å². The van der Waals surface area contributed by atoms with Crippen molar-refractivity contribution in [3.63, 3.8) is 0 Å².